The van der Waals surface area contributed by atoms with E-state index < -0.39 is 15.9 Å². The minimum Gasteiger partial charge on any atom is -0.487 e. The maximum absolute atomic E-state index is 13.1. The Balaban J connectivity index is 1.44. The number of hydrogen-bond donors (Lipinski definition) is 3. The third kappa shape index (κ3) is 7.54. The third-order valence-corrected chi connectivity index (χ3v) is 8.20. The van der Waals surface area contributed by atoms with Gasteiger partial charge in [-0.2, -0.15) is 4.31 Å². The largest absolute Gasteiger partial charge is 0.487 e. The van der Waals surface area contributed by atoms with Crippen LogP contribution in [0.2, 0.25) is 5.02 Å². The molecule has 0 spiro atoms. The molecule has 1 aromatic rings. The van der Waals surface area contributed by atoms with Crippen LogP contribution in [0, 0.1) is 5.92 Å². The van der Waals surface area contributed by atoms with E-state index in [1.165, 1.54) is 10.4 Å². The monoisotopic (exact) mass is 515 g/mol. The average Bonchev–Trinajstić information content (AvgIpc) is 3.28. The lowest BCUT2D eigenvalue weighted by atomic mass is 10.0. The van der Waals surface area contributed by atoms with Crippen LogP contribution < -0.4 is 21.1 Å². The van der Waals surface area contributed by atoms with Crippen molar-refractivity contribution >= 4 is 33.4 Å². The molecule has 2 atom stereocenters. The summed E-state index contributed by atoms with van der Waals surface area (Å²) < 4.78 is 33.5. The average molecular weight is 516 g/mol. The summed E-state index contributed by atoms with van der Waals surface area (Å²) in [6.07, 6.45) is 1.36. The fourth-order valence-corrected chi connectivity index (χ4v) is 5.88. The molecule has 0 aliphatic carbocycles. The molecule has 3 rings (SSSR count). The zero-order valence-corrected chi connectivity index (χ0v) is 21.0. The number of sulfonamides is 1. The van der Waals surface area contributed by atoms with Gasteiger partial charge in [-0.15, -0.1) is 0 Å². The van der Waals surface area contributed by atoms with E-state index in [4.69, 9.17) is 22.1 Å². The van der Waals surface area contributed by atoms with Gasteiger partial charge in [0.25, 0.3) is 0 Å². The molecule has 12 heteroatoms. The molecule has 0 bridgehead atoms. The molecule has 190 valence electrons. The van der Waals surface area contributed by atoms with Gasteiger partial charge in [-0.1, -0.05) is 18.5 Å². The summed E-state index contributed by atoms with van der Waals surface area (Å²) in [5.41, 5.74) is 5.15. The van der Waals surface area contributed by atoms with Crippen LogP contribution >= 0.6 is 11.6 Å². The number of nitrogens with two attached hydrogens (primary N) is 1. The van der Waals surface area contributed by atoms with Gasteiger partial charge >= 0.3 is 0 Å². The van der Waals surface area contributed by atoms with E-state index in [0.717, 1.165) is 19.5 Å². The summed E-state index contributed by atoms with van der Waals surface area (Å²) in [4.78, 5) is 25.2. The van der Waals surface area contributed by atoms with Crippen LogP contribution in [0.25, 0.3) is 0 Å². The Morgan fingerprint density at radius 3 is 2.62 bits per heavy atom. The van der Waals surface area contributed by atoms with E-state index in [1.807, 2.05) is 6.92 Å². The number of carbonyl (C=O) groups excluding carboxylic acids is 2. The second-order valence-electron chi connectivity index (χ2n) is 8.90. The van der Waals surface area contributed by atoms with Crippen molar-refractivity contribution in [2.24, 2.45) is 11.7 Å². The molecule has 4 N–H and O–H groups in total. The normalized spacial score (nSPS) is 20.7. The van der Waals surface area contributed by atoms with E-state index in [2.05, 4.69) is 15.5 Å². The van der Waals surface area contributed by atoms with Gasteiger partial charge in [-0.05, 0) is 37.1 Å². The summed E-state index contributed by atoms with van der Waals surface area (Å²) in [7, 11) is -3.66. The topological polar surface area (TPSA) is 134 Å². The first-order valence-corrected chi connectivity index (χ1v) is 13.4. The zero-order valence-electron chi connectivity index (χ0n) is 19.5. The van der Waals surface area contributed by atoms with Crippen LogP contribution in [0.1, 0.15) is 26.2 Å². The fourth-order valence-electron chi connectivity index (χ4n) is 4.15. The molecule has 10 nitrogen and oxygen atoms in total. The summed E-state index contributed by atoms with van der Waals surface area (Å²) in [5, 5.41) is 6.34. The van der Waals surface area contributed by atoms with Crippen LogP contribution in [-0.2, 0) is 19.6 Å². The number of amides is 2. The smallest absolute Gasteiger partial charge is 0.243 e. The minimum absolute atomic E-state index is 0.0383. The number of hydrogen-bond acceptors (Lipinski definition) is 7. The zero-order chi connectivity index (χ0) is 24.7. The molecule has 0 saturated carbocycles. The van der Waals surface area contributed by atoms with Crippen LogP contribution in [0.4, 0.5) is 0 Å². The van der Waals surface area contributed by atoms with Crippen LogP contribution in [-0.4, -0.2) is 87.9 Å². The lowest BCUT2D eigenvalue weighted by Crippen LogP contribution is -2.50. The van der Waals surface area contributed by atoms with Crippen molar-refractivity contribution in [2.75, 3.05) is 52.4 Å². The predicted molar refractivity (Wildman–Crippen MR) is 129 cm³/mol. The highest BCUT2D eigenvalue weighted by molar-refractivity contribution is 7.89. The van der Waals surface area contributed by atoms with Crippen molar-refractivity contribution in [3.63, 3.8) is 0 Å². The van der Waals surface area contributed by atoms with Crippen LogP contribution in [0.15, 0.2) is 23.1 Å². The minimum atomic E-state index is -3.66. The Labute approximate surface area is 206 Å². The Morgan fingerprint density at radius 2 is 2.00 bits per heavy atom. The molecule has 2 heterocycles. The number of piperazine rings is 1. The van der Waals surface area contributed by atoms with E-state index in [1.54, 1.807) is 12.1 Å². The second kappa shape index (κ2) is 12.2. The van der Waals surface area contributed by atoms with Gasteiger partial charge in [0.15, 0.2) is 0 Å². The maximum Gasteiger partial charge on any atom is 0.243 e. The summed E-state index contributed by atoms with van der Waals surface area (Å²) >= 11 is 6.32. The molecule has 2 fully saturated rings. The molecule has 2 amide bonds. The maximum atomic E-state index is 13.1. The van der Waals surface area contributed by atoms with Crippen molar-refractivity contribution < 1.29 is 22.7 Å². The summed E-state index contributed by atoms with van der Waals surface area (Å²) in [6, 6.07) is 4.62. The number of primary amides is 1. The van der Waals surface area contributed by atoms with Gasteiger partial charge in [0.2, 0.25) is 21.8 Å². The Morgan fingerprint density at radius 1 is 1.26 bits per heavy atom. The lowest BCUT2D eigenvalue weighted by Gasteiger charge is -2.34. The molecule has 2 aliphatic heterocycles. The van der Waals surface area contributed by atoms with E-state index >= 15 is 0 Å². The fraction of sp³-hybridized carbons (Fsp3) is 0.636. The molecule has 34 heavy (non-hydrogen) atoms. The number of carbonyl (C=O) groups is 2. The number of rotatable bonds is 11. The van der Waals surface area contributed by atoms with E-state index in [-0.39, 0.29) is 40.7 Å². The molecule has 2 aliphatic rings. The van der Waals surface area contributed by atoms with E-state index in [9.17, 15) is 18.0 Å². The molecular formula is C22H34ClN5O5S. The molecule has 1 aromatic carbocycles. The van der Waals surface area contributed by atoms with Crippen molar-refractivity contribution in [2.45, 2.75) is 37.2 Å². The number of nitrogens with zero attached hydrogens (tertiary/aromatic N) is 2. The van der Waals surface area contributed by atoms with Crippen molar-refractivity contribution in [3.05, 3.63) is 23.2 Å². The van der Waals surface area contributed by atoms with Gasteiger partial charge in [-0.25, -0.2) is 8.42 Å². The Hall–Kier alpha value is -1.92. The Kier molecular flexibility index (Phi) is 9.55. The molecular weight excluding hydrogens is 482 g/mol. The molecule has 0 unspecified atom stereocenters. The molecule has 0 aromatic heterocycles. The highest BCUT2D eigenvalue weighted by Crippen LogP contribution is 2.30. The number of halogens is 1. The van der Waals surface area contributed by atoms with Crippen LogP contribution in [0.3, 0.4) is 0 Å². The summed E-state index contributed by atoms with van der Waals surface area (Å²) in [6.45, 7) is 6.38. The van der Waals surface area contributed by atoms with Crippen molar-refractivity contribution in [3.8, 4) is 5.75 Å². The standard InChI is InChI=1S/C22H34ClN5O5S/c1-16(12-21(24)29)13-22(30)26-6-7-27-8-10-28(11-9-27)34(31,32)18-2-3-20(19(23)14-18)33-17-4-5-25-15-17/h2-3,14,16-17,25H,4-13,15H2,1H3,(H2,24,29)(H,26,30)/t16-,17-/m0/s1. The van der Waals surface area contributed by atoms with Gasteiger partial charge in [0.1, 0.15) is 11.9 Å². The number of benzene rings is 1. The molecule has 2 saturated heterocycles. The first kappa shape index (κ1) is 26.7. The van der Waals surface area contributed by atoms with Gasteiger partial charge in [0, 0.05) is 58.7 Å². The number of ether oxygens (including phenoxy) is 1. The second-order valence-corrected chi connectivity index (χ2v) is 11.2. The lowest BCUT2D eigenvalue weighted by molar-refractivity contribution is -0.122. The highest BCUT2D eigenvalue weighted by atomic mass is 35.5. The molecule has 0 radical (unpaired) electrons. The van der Waals surface area contributed by atoms with Gasteiger partial charge < -0.3 is 21.1 Å². The van der Waals surface area contributed by atoms with Gasteiger partial charge in [-0.3, -0.25) is 14.5 Å². The third-order valence-electron chi connectivity index (χ3n) is 6.01. The quantitative estimate of drug-likeness (QED) is 0.388. The SMILES string of the molecule is C[C@@H](CC(N)=O)CC(=O)NCCN1CCN(S(=O)(=O)c2ccc(O[C@H]3CCNC3)c(Cl)c2)CC1. The summed E-state index contributed by atoms with van der Waals surface area (Å²) in [5.74, 6) is -0.143. The highest BCUT2D eigenvalue weighted by Gasteiger charge is 2.29. The predicted octanol–water partition coefficient (Wildman–Crippen LogP) is 0.405. The Bertz CT molecular complexity index is 962. The van der Waals surface area contributed by atoms with Crippen molar-refractivity contribution in [1.29, 1.82) is 0 Å². The van der Waals surface area contributed by atoms with Crippen LogP contribution in [0.5, 0.6) is 5.75 Å². The first-order valence-electron chi connectivity index (χ1n) is 11.6. The van der Waals surface area contributed by atoms with Gasteiger partial charge in [0.05, 0.1) is 9.92 Å². The van der Waals surface area contributed by atoms with Crippen molar-refractivity contribution in [1.82, 2.24) is 19.8 Å². The first-order chi connectivity index (χ1) is 16.1. The van der Waals surface area contributed by atoms with E-state index in [0.29, 0.717) is 45.0 Å². The number of nitrogens with one attached hydrogen (secondary N) is 2.